The van der Waals surface area contributed by atoms with Crippen molar-refractivity contribution in [2.75, 3.05) is 5.73 Å². The van der Waals surface area contributed by atoms with E-state index in [1.165, 1.54) is 11.3 Å². The quantitative estimate of drug-likeness (QED) is 0.784. The summed E-state index contributed by atoms with van der Waals surface area (Å²) in [5.74, 6) is 0.332. The number of halogens is 1. The van der Waals surface area contributed by atoms with Gasteiger partial charge in [0, 0.05) is 5.02 Å². The van der Waals surface area contributed by atoms with Crippen molar-refractivity contribution >= 4 is 28.8 Å². The average Bonchev–Trinajstić information content (AvgIpc) is 3.07. The molecule has 0 atom stereocenters. The van der Waals surface area contributed by atoms with Gasteiger partial charge in [-0.1, -0.05) is 17.7 Å². The first-order valence-corrected chi connectivity index (χ1v) is 7.05. The molecule has 0 spiro atoms. The van der Waals surface area contributed by atoms with Gasteiger partial charge < -0.3 is 5.73 Å². The number of hydrogen-bond donors (Lipinski definition) is 1. The highest BCUT2D eigenvalue weighted by molar-refractivity contribution is 7.13. The Hall–Kier alpha value is -2.29. The fraction of sp³-hybridized carbons (Fsp3) is 0. The molecule has 0 bridgehead atoms. The first kappa shape index (κ1) is 12.7. The Balaban J connectivity index is 2.19. The van der Waals surface area contributed by atoms with E-state index in [9.17, 15) is 5.26 Å². The molecule has 98 valence electrons. The van der Waals surface area contributed by atoms with E-state index >= 15 is 0 Å². The molecule has 4 nitrogen and oxygen atoms in total. The second-order valence-electron chi connectivity index (χ2n) is 4.09. The van der Waals surface area contributed by atoms with Crippen LogP contribution in [0.4, 0.5) is 5.82 Å². The van der Waals surface area contributed by atoms with Crippen molar-refractivity contribution in [1.82, 2.24) is 9.78 Å². The minimum absolute atomic E-state index is 0.332. The van der Waals surface area contributed by atoms with Crippen molar-refractivity contribution < 1.29 is 0 Å². The molecule has 0 amide bonds. The van der Waals surface area contributed by atoms with E-state index in [1.807, 2.05) is 29.6 Å². The molecule has 2 aromatic heterocycles. The number of nitrogens with zero attached hydrogens (tertiary/aromatic N) is 3. The highest BCUT2D eigenvalue weighted by Crippen LogP contribution is 2.31. The Morgan fingerprint density at radius 1 is 1.25 bits per heavy atom. The number of anilines is 1. The molecule has 3 aromatic rings. The number of benzene rings is 1. The summed E-state index contributed by atoms with van der Waals surface area (Å²) >= 11 is 7.39. The second kappa shape index (κ2) is 5.00. The third kappa shape index (κ3) is 2.05. The Morgan fingerprint density at radius 2 is 2.00 bits per heavy atom. The summed E-state index contributed by atoms with van der Waals surface area (Å²) in [6, 6.07) is 13.1. The van der Waals surface area contributed by atoms with E-state index in [2.05, 4.69) is 11.2 Å². The first-order valence-electron chi connectivity index (χ1n) is 5.79. The summed E-state index contributed by atoms with van der Waals surface area (Å²) in [7, 11) is 0. The Bertz CT molecular complexity index is 782. The van der Waals surface area contributed by atoms with Crippen LogP contribution in [0.2, 0.25) is 5.02 Å². The van der Waals surface area contributed by atoms with Gasteiger partial charge in [-0.25, -0.2) is 4.68 Å². The lowest BCUT2D eigenvalue weighted by Crippen LogP contribution is -2.02. The van der Waals surface area contributed by atoms with Gasteiger partial charge in [-0.15, -0.1) is 11.3 Å². The van der Waals surface area contributed by atoms with Crippen molar-refractivity contribution in [3.63, 3.8) is 0 Å². The number of hydrogen-bond acceptors (Lipinski definition) is 4. The van der Waals surface area contributed by atoms with Gasteiger partial charge in [0.1, 0.15) is 23.1 Å². The maximum atomic E-state index is 9.30. The largest absolute Gasteiger partial charge is 0.382 e. The Kier molecular flexibility index (Phi) is 3.18. The van der Waals surface area contributed by atoms with Gasteiger partial charge in [-0.05, 0) is 35.7 Å². The highest BCUT2D eigenvalue weighted by atomic mass is 35.5. The van der Waals surface area contributed by atoms with Gasteiger partial charge in [-0.3, -0.25) is 0 Å². The molecule has 2 N–H and O–H groups in total. The number of nitriles is 1. The van der Waals surface area contributed by atoms with Crippen LogP contribution in [0.15, 0.2) is 41.8 Å². The molecule has 1 aromatic carbocycles. The number of thiophene rings is 1. The molecular weight excluding hydrogens is 292 g/mol. The van der Waals surface area contributed by atoms with Crippen LogP contribution in [0.1, 0.15) is 5.56 Å². The van der Waals surface area contributed by atoms with Crippen molar-refractivity contribution in [3.05, 3.63) is 52.4 Å². The number of nitrogens with two attached hydrogens (primary N) is 1. The monoisotopic (exact) mass is 300 g/mol. The molecule has 0 unspecified atom stereocenters. The molecule has 0 aliphatic rings. The van der Waals surface area contributed by atoms with Crippen molar-refractivity contribution in [1.29, 1.82) is 5.26 Å². The van der Waals surface area contributed by atoms with Gasteiger partial charge in [0.25, 0.3) is 0 Å². The van der Waals surface area contributed by atoms with Crippen molar-refractivity contribution in [3.8, 4) is 22.3 Å². The predicted octanol–water partition coefficient (Wildman–Crippen LogP) is 3.71. The zero-order chi connectivity index (χ0) is 14.1. The van der Waals surface area contributed by atoms with Gasteiger partial charge in [0.15, 0.2) is 0 Å². The fourth-order valence-corrected chi connectivity index (χ4v) is 2.75. The van der Waals surface area contributed by atoms with Crippen LogP contribution in [0.25, 0.3) is 16.3 Å². The van der Waals surface area contributed by atoms with Crippen LogP contribution >= 0.6 is 22.9 Å². The van der Waals surface area contributed by atoms with E-state index in [1.54, 1.807) is 16.8 Å². The molecule has 0 saturated heterocycles. The standard InChI is InChI=1S/C14H9ClN4S/c15-9-3-5-10(6-4-9)19-14(17)11(8-16)13(18-19)12-2-1-7-20-12/h1-7H,17H2. The number of nitrogen functional groups attached to an aromatic ring is 1. The van der Waals surface area contributed by atoms with E-state index in [4.69, 9.17) is 17.3 Å². The van der Waals surface area contributed by atoms with Crippen molar-refractivity contribution in [2.45, 2.75) is 0 Å². The SMILES string of the molecule is N#Cc1c(-c2cccs2)nn(-c2ccc(Cl)cc2)c1N. The van der Waals surface area contributed by atoms with E-state index in [0.29, 0.717) is 22.1 Å². The van der Waals surface area contributed by atoms with Crippen LogP contribution in [0.3, 0.4) is 0 Å². The highest BCUT2D eigenvalue weighted by Gasteiger charge is 2.18. The summed E-state index contributed by atoms with van der Waals surface area (Å²) in [5.41, 5.74) is 7.81. The van der Waals surface area contributed by atoms with Crippen LogP contribution in [0, 0.1) is 11.3 Å². The lowest BCUT2D eigenvalue weighted by Gasteiger charge is -2.03. The molecule has 6 heteroatoms. The molecule has 0 radical (unpaired) electrons. The fourth-order valence-electron chi connectivity index (χ4n) is 1.91. The minimum atomic E-state index is 0.332. The molecule has 0 fully saturated rings. The van der Waals surface area contributed by atoms with E-state index in [0.717, 1.165) is 10.6 Å². The van der Waals surface area contributed by atoms with Crippen LogP contribution in [-0.2, 0) is 0 Å². The van der Waals surface area contributed by atoms with Crippen LogP contribution in [-0.4, -0.2) is 9.78 Å². The third-order valence-corrected chi connectivity index (χ3v) is 3.99. The number of aromatic nitrogens is 2. The van der Waals surface area contributed by atoms with Gasteiger partial charge in [-0.2, -0.15) is 10.4 Å². The smallest absolute Gasteiger partial charge is 0.145 e. The first-order chi connectivity index (χ1) is 9.70. The number of rotatable bonds is 2. The summed E-state index contributed by atoms with van der Waals surface area (Å²) < 4.78 is 1.56. The third-order valence-electron chi connectivity index (χ3n) is 2.86. The van der Waals surface area contributed by atoms with E-state index < -0.39 is 0 Å². The Morgan fingerprint density at radius 3 is 2.60 bits per heavy atom. The zero-order valence-electron chi connectivity index (χ0n) is 10.2. The Labute approximate surface area is 124 Å². The van der Waals surface area contributed by atoms with Crippen LogP contribution < -0.4 is 5.73 Å². The normalized spacial score (nSPS) is 10.4. The van der Waals surface area contributed by atoms with Crippen LogP contribution in [0.5, 0.6) is 0 Å². The van der Waals surface area contributed by atoms with Gasteiger partial charge in [0.2, 0.25) is 0 Å². The second-order valence-corrected chi connectivity index (χ2v) is 5.47. The molecule has 0 saturated carbocycles. The maximum absolute atomic E-state index is 9.30. The molecule has 20 heavy (non-hydrogen) atoms. The lowest BCUT2D eigenvalue weighted by atomic mass is 10.2. The molecule has 0 aliphatic carbocycles. The summed E-state index contributed by atoms with van der Waals surface area (Å²) in [6.07, 6.45) is 0. The summed E-state index contributed by atoms with van der Waals surface area (Å²) in [6.45, 7) is 0. The van der Waals surface area contributed by atoms with Crippen molar-refractivity contribution in [2.24, 2.45) is 0 Å². The molecule has 2 heterocycles. The van der Waals surface area contributed by atoms with Gasteiger partial charge >= 0.3 is 0 Å². The summed E-state index contributed by atoms with van der Waals surface area (Å²) in [4.78, 5) is 0.918. The van der Waals surface area contributed by atoms with Gasteiger partial charge in [0.05, 0.1) is 10.6 Å². The summed E-state index contributed by atoms with van der Waals surface area (Å²) in [5, 5.41) is 16.3. The van der Waals surface area contributed by atoms with E-state index in [-0.39, 0.29) is 0 Å². The lowest BCUT2D eigenvalue weighted by molar-refractivity contribution is 0.896. The minimum Gasteiger partial charge on any atom is -0.382 e. The average molecular weight is 301 g/mol. The maximum Gasteiger partial charge on any atom is 0.145 e. The predicted molar refractivity (Wildman–Crippen MR) is 81.0 cm³/mol. The molecular formula is C14H9ClN4S. The zero-order valence-corrected chi connectivity index (χ0v) is 11.8. The topological polar surface area (TPSA) is 67.6 Å². The molecule has 3 rings (SSSR count). The molecule has 0 aliphatic heterocycles.